The summed E-state index contributed by atoms with van der Waals surface area (Å²) in [4.78, 5) is 16.6. The molecule has 1 aromatic carbocycles. The van der Waals surface area contributed by atoms with E-state index in [0.717, 1.165) is 42.5 Å². The van der Waals surface area contributed by atoms with Gasteiger partial charge >= 0.3 is 0 Å². The summed E-state index contributed by atoms with van der Waals surface area (Å²) in [5, 5.41) is 6.92. The zero-order valence-corrected chi connectivity index (χ0v) is 15.3. The number of rotatable bonds is 5. The summed E-state index contributed by atoms with van der Waals surface area (Å²) in [5.41, 5.74) is 3.20. The van der Waals surface area contributed by atoms with Crippen LogP contribution in [0.3, 0.4) is 0 Å². The Kier molecular flexibility index (Phi) is 6.75. The molecule has 5 nitrogen and oxygen atoms in total. The maximum atomic E-state index is 12.3. The van der Waals surface area contributed by atoms with E-state index in [4.69, 9.17) is 12.2 Å². The Bertz CT molecular complexity index is 609. The molecule has 0 bridgehead atoms. The molecule has 0 aliphatic carbocycles. The molecule has 0 saturated carbocycles. The molecule has 1 aromatic rings. The molecule has 1 aliphatic rings. The first-order valence-electron chi connectivity index (χ1n) is 8.23. The third-order valence-electron chi connectivity index (χ3n) is 4.30. The van der Waals surface area contributed by atoms with Crippen molar-refractivity contribution in [3.63, 3.8) is 0 Å². The number of nitrogens with one attached hydrogen (secondary N) is 2. The van der Waals surface area contributed by atoms with Crippen LogP contribution < -0.4 is 10.6 Å². The standard InChI is InChI=1S/C18H26N4OS/c1-4-8-19-18(24)22-11-9-21(10-12-22)13-17(23)20-16-7-5-6-14(2)15(16)3/h4-7H,1,8-13H2,2-3H3,(H,19,24)(H,20,23). The van der Waals surface area contributed by atoms with E-state index < -0.39 is 0 Å². The average Bonchev–Trinajstić information content (AvgIpc) is 2.57. The first-order chi connectivity index (χ1) is 11.5. The Hall–Kier alpha value is -1.92. The van der Waals surface area contributed by atoms with Crippen molar-refractivity contribution in [3.8, 4) is 0 Å². The van der Waals surface area contributed by atoms with Crippen molar-refractivity contribution in [1.29, 1.82) is 0 Å². The summed E-state index contributed by atoms with van der Waals surface area (Å²) in [7, 11) is 0. The highest BCUT2D eigenvalue weighted by molar-refractivity contribution is 7.80. The highest BCUT2D eigenvalue weighted by Gasteiger charge is 2.20. The van der Waals surface area contributed by atoms with E-state index in [1.54, 1.807) is 6.08 Å². The molecule has 6 heteroatoms. The highest BCUT2D eigenvalue weighted by Crippen LogP contribution is 2.17. The number of benzene rings is 1. The minimum atomic E-state index is 0.0320. The Morgan fingerprint density at radius 2 is 2.00 bits per heavy atom. The molecule has 0 atom stereocenters. The van der Waals surface area contributed by atoms with E-state index in [1.807, 2.05) is 32.0 Å². The number of carbonyl (C=O) groups is 1. The molecule has 0 spiro atoms. The minimum Gasteiger partial charge on any atom is -0.359 e. The molecule has 1 aliphatic heterocycles. The molecule has 2 rings (SSSR count). The third-order valence-corrected chi connectivity index (χ3v) is 4.71. The van der Waals surface area contributed by atoms with E-state index in [0.29, 0.717) is 13.1 Å². The van der Waals surface area contributed by atoms with Crippen LogP contribution in [-0.4, -0.2) is 60.1 Å². The second kappa shape index (κ2) is 8.80. The van der Waals surface area contributed by atoms with Crippen LogP contribution >= 0.6 is 12.2 Å². The number of piperazine rings is 1. The van der Waals surface area contributed by atoms with Crippen molar-refractivity contribution >= 4 is 28.9 Å². The van der Waals surface area contributed by atoms with Crippen molar-refractivity contribution < 1.29 is 4.79 Å². The first-order valence-corrected chi connectivity index (χ1v) is 8.64. The molecular formula is C18H26N4OS. The van der Waals surface area contributed by atoms with Gasteiger partial charge in [0, 0.05) is 38.4 Å². The van der Waals surface area contributed by atoms with Crippen LogP contribution in [0.4, 0.5) is 5.69 Å². The molecular weight excluding hydrogens is 320 g/mol. The Labute approximate surface area is 149 Å². The molecule has 1 amide bonds. The predicted octanol–water partition coefficient (Wildman–Crippen LogP) is 1.92. The fourth-order valence-electron chi connectivity index (χ4n) is 2.66. The van der Waals surface area contributed by atoms with Crippen LogP contribution in [0.2, 0.25) is 0 Å². The van der Waals surface area contributed by atoms with Gasteiger partial charge < -0.3 is 15.5 Å². The quantitative estimate of drug-likeness (QED) is 0.630. The van der Waals surface area contributed by atoms with Gasteiger partial charge in [-0.05, 0) is 43.3 Å². The van der Waals surface area contributed by atoms with E-state index in [-0.39, 0.29) is 5.91 Å². The lowest BCUT2D eigenvalue weighted by atomic mass is 10.1. The summed E-state index contributed by atoms with van der Waals surface area (Å²) < 4.78 is 0. The van der Waals surface area contributed by atoms with Gasteiger partial charge in [-0.2, -0.15) is 0 Å². The third kappa shape index (κ3) is 5.04. The fourth-order valence-corrected chi connectivity index (χ4v) is 2.93. The Morgan fingerprint density at radius 1 is 1.29 bits per heavy atom. The predicted molar refractivity (Wildman–Crippen MR) is 103 cm³/mol. The Balaban J connectivity index is 1.79. The summed E-state index contributed by atoms with van der Waals surface area (Å²) in [6.45, 7) is 12.2. The maximum absolute atomic E-state index is 12.3. The number of carbonyl (C=O) groups excluding carboxylic acids is 1. The largest absolute Gasteiger partial charge is 0.359 e. The number of amides is 1. The molecule has 0 unspecified atom stereocenters. The van der Waals surface area contributed by atoms with Gasteiger partial charge in [-0.15, -0.1) is 6.58 Å². The summed E-state index contributed by atoms with van der Waals surface area (Å²) in [5.74, 6) is 0.0320. The normalized spacial score (nSPS) is 15.0. The van der Waals surface area contributed by atoms with Gasteiger partial charge in [0.05, 0.1) is 6.54 Å². The number of aryl methyl sites for hydroxylation is 1. The van der Waals surface area contributed by atoms with Crippen molar-refractivity contribution in [2.75, 3.05) is 44.6 Å². The number of hydrogen-bond donors (Lipinski definition) is 2. The first kappa shape index (κ1) is 18.4. The zero-order chi connectivity index (χ0) is 17.5. The van der Waals surface area contributed by atoms with Gasteiger partial charge in [-0.1, -0.05) is 18.2 Å². The number of nitrogens with zero attached hydrogens (tertiary/aromatic N) is 2. The van der Waals surface area contributed by atoms with Crippen LogP contribution in [-0.2, 0) is 4.79 Å². The lowest BCUT2D eigenvalue weighted by Gasteiger charge is -2.35. The summed E-state index contributed by atoms with van der Waals surface area (Å²) in [6.07, 6.45) is 1.79. The van der Waals surface area contributed by atoms with Crippen molar-refractivity contribution in [2.24, 2.45) is 0 Å². The SMILES string of the molecule is C=CCNC(=S)N1CCN(CC(=O)Nc2cccc(C)c2C)CC1. The second-order valence-electron chi connectivity index (χ2n) is 6.03. The van der Waals surface area contributed by atoms with Crippen LogP contribution in [0.1, 0.15) is 11.1 Å². The smallest absolute Gasteiger partial charge is 0.238 e. The lowest BCUT2D eigenvalue weighted by Crippen LogP contribution is -2.52. The van der Waals surface area contributed by atoms with Crippen molar-refractivity contribution in [2.45, 2.75) is 13.8 Å². The van der Waals surface area contributed by atoms with Gasteiger partial charge in [0.25, 0.3) is 0 Å². The zero-order valence-electron chi connectivity index (χ0n) is 14.5. The van der Waals surface area contributed by atoms with E-state index in [1.165, 1.54) is 5.56 Å². The van der Waals surface area contributed by atoms with Crippen molar-refractivity contribution in [1.82, 2.24) is 15.1 Å². The van der Waals surface area contributed by atoms with E-state index in [9.17, 15) is 4.79 Å². The molecule has 1 saturated heterocycles. The lowest BCUT2D eigenvalue weighted by molar-refractivity contribution is -0.117. The molecule has 0 aromatic heterocycles. The van der Waals surface area contributed by atoms with Gasteiger partial charge in [0.2, 0.25) is 5.91 Å². The number of hydrogen-bond acceptors (Lipinski definition) is 3. The number of thiocarbonyl (C=S) groups is 1. The number of anilines is 1. The topological polar surface area (TPSA) is 47.6 Å². The van der Waals surface area contributed by atoms with Crippen LogP contribution in [0.15, 0.2) is 30.9 Å². The fraction of sp³-hybridized carbons (Fsp3) is 0.444. The average molecular weight is 347 g/mol. The van der Waals surface area contributed by atoms with Crippen molar-refractivity contribution in [3.05, 3.63) is 42.0 Å². The van der Waals surface area contributed by atoms with Crippen LogP contribution in [0.5, 0.6) is 0 Å². The minimum absolute atomic E-state index is 0.0320. The van der Waals surface area contributed by atoms with E-state index in [2.05, 4.69) is 27.0 Å². The monoisotopic (exact) mass is 346 g/mol. The van der Waals surface area contributed by atoms with Gasteiger partial charge in [-0.3, -0.25) is 9.69 Å². The molecule has 0 radical (unpaired) electrons. The summed E-state index contributed by atoms with van der Waals surface area (Å²) >= 11 is 5.35. The van der Waals surface area contributed by atoms with Gasteiger partial charge in [0.15, 0.2) is 5.11 Å². The van der Waals surface area contributed by atoms with E-state index >= 15 is 0 Å². The van der Waals surface area contributed by atoms with Crippen LogP contribution in [0.25, 0.3) is 0 Å². The summed E-state index contributed by atoms with van der Waals surface area (Å²) in [6, 6.07) is 5.96. The van der Waals surface area contributed by atoms with Crippen LogP contribution in [0, 0.1) is 13.8 Å². The van der Waals surface area contributed by atoms with Gasteiger partial charge in [0.1, 0.15) is 0 Å². The molecule has 2 N–H and O–H groups in total. The molecule has 1 fully saturated rings. The second-order valence-corrected chi connectivity index (χ2v) is 6.42. The van der Waals surface area contributed by atoms with Gasteiger partial charge in [-0.25, -0.2) is 0 Å². The Morgan fingerprint density at radius 3 is 2.67 bits per heavy atom. The highest BCUT2D eigenvalue weighted by atomic mass is 32.1. The molecule has 1 heterocycles. The maximum Gasteiger partial charge on any atom is 0.238 e. The molecule has 130 valence electrons. The molecule has 24 heavy (non-hydrogen) atoms.